The van der Waals surface area contributed by atoms with E-state index >= 15 is 0 Å². The van der Waals surface area contributed by atoms with Crippen LogP contribution in [-0.2, 0) is 6.54 Å². The van der Waals surface area contributed by atoms with E-state index in [1.54, 1.807) is 41.4 Å². The summed E-state index contributed by atoms with van der Waals surface area (Å²) in [5.74, 6) is -0.247. The molecule has 4 aromatic rings. The van der Waals surface area contributed by atoms with Gasteiger partial charge in [-0.3, -0.25) is 14.5 Å². The Bertz CT molecular complexity index is 1490. The molecule has 0 fully saturated rings. The average molecular weight is 585 g/mol. The van der Waals surface area contributed by atoms with Gasteiger partial charge in [-0.05, 0) is 43.8 Å². The predicted octanol–water partition coefficient (Wildman–Crippen LogP) is 5.41. The van der Waals surface area contributed by atoms with Crippen molar-refractivity contribution >= 4 is 28.8 Å². The summed E-state index contributed by atoms with van der Waals surface area (Å²) in [5, 5.41) is 15.7. The molecule has 5 rings (SSSR count). The van der Waals surface area contributed by atoms with Crippen molar-refractivity contribution in [2.24, 2.45) is 5.92 Å². The number of rotatable bonds is 9. The van der Waals surface area contributed by atoms with E-state index in [2.05, 4.69) is 34.3 Å². The van der Waals surface area contributed by atoms with E-state index in [0.717, 1.165) is 17.1 Å². The monoisotopic (exact) mass is 584 g/mol. The van der Waals surface area contributed by atoms with Gasteiger partial charge in [0.25, 0.3) is 11.8 Å². The number of hydrogen-bond acceptors (Lipinski definition) is 7. The molecule has 8 nitrogen and oxygen atoms in total. The van der Waals surface area contributed by atoms with Crippen LogP contribution in [0.3, 0.4) is 0 Å². The van der Waals surface area contributed by atoms with Crippen LogP contribution in [0.5, 0.6) is 5.75 Å². The SMILES string of the molecule is C[C@@H]1CN([C@H](C)CO)C(=O)c2cccc(NC(=O)c3ccc(-c4nccs4)cc3)c2O[C@H]1CN(C)Cc1ccccc1. The lowest BCUT2D eigenvalue weighted by molar-refractivity contribution is 0.0343. The van der Waals surface area contributed by atoms with Gasteiger partial charge in [-0.25, -0.2) is 4.98 Å². The van der Waals surface area contributed by atoms with Crippen molar-refractivity contribution in [1.29, 1.82) is 0 Å². The highest BCUT2D eigenvalue weighted by atomic mass is 32.1. The fraction of sp³-hybridized carbons (Fsp3) is 0.303. The first-order chi connectivity index (χ1) is 20.3. The largest absolute Gasteiger partial charge is 0.486 e. The lowest BCUT2D eigenvalue weighted by atomic mass is 9.98. The molecule has 0 spiro atoms. The second kappa shape index (κ2) is 13.3. The minimum absolute atomic E-state index is 0.0449. The molecule has 0 unspecified atom stereocenters. The smallest absolute Gasteiger partial charge is 0.258 e. The Morgan fingerprint density at radius 3 is 2.60 bits per heavy atom. The van der Waals surface area contributed by atoms with Gasteiger partial charge in [0.1, 0.15) is 11.1 Å². The molecule has 2 heterocycles. The molecule has 0 bridgehead atoms. The summed E-state index contributed by atoms with van der Waals surface area (Å²) in [7, 11) is 2.05. The third-order valence-corrected chi connectivity index (χ3v) is 8.37. The molecule has 0 radical (unpaired) electrons. The number of aliphatic hydroxyl groups is 1. The highest BCUT2D eigenvalue weighted by Crippen LogP contribution is 2.35. The fourth-order valence-corrected chi connectivity index (χ4v) is 5.80. The third-order valence-electron chi connectivity index (χ3n) is 7.55. The highest BCUT2D eigenvalue weighted by molar-refractivity contribution is 7.13. The van der Waals surface area contributed by atoms with Crippen LogP contribution in [0.15, 0.2) is 84.4 Å². The van der Waals surface area contributed by atoms with E-state index in [4.69, 9.17) is 4.74 Å². The zero-order chi connectivity index (χ0) is 29.6. The van der Waals surface area contributed by atoms with Gasteiger partial charge in [0.15, 0.2) is 5.75 Å². The van der Waals surface area contributed by atoms with Crippen molar-refractivity contribution in [3.8, 4) is 16.3 Å². The molecular weight excluding hydrogens is 548 g/mol. The van der Waals surface area contributed by atoms with Crippen molar-refractivity contribution in [1.82, 2.24) is 14.8 Å². The van der Waals surface area contributed by atoms with Crippen molar-refractivity contribution in [2.75, 3.05) is 32.1 Å². The molecular formula is C33H36N4O4S. The van der Waals surface area contributed by atoms with Gasteiger partial charge in [-0.15, -0.1) is 11.3 Å². The van der Waals surface area contributed by atoms with Crippen LogP contribution in [0, 0.1) is 5.92 Å². The van der Waals surface area contributed by atoms with Crippen molar-refractivity contribution in [2.45, 2.75) is 32.5 Å². The van der Waals surface area contributed by atoms with Crippen LogP contribution >= 0.6 is 11.3 Å². The van der Waals surface area contributed by atoms with E-state index in [0.29, 0.717) is 35.7 Å². The molecule has 3 atom stereocenters. The normalized spacial score (nSPS) is 17.6. The van der Waals surface area contributed by atoms with Crippen LogP contribution < -0.4 is 10.1 Å². The van der Waals surface area contributed by atoms with Crippen LogP contribution in [0.2, 0.25) is 0 Å². The van der Waals surface area contributed by atoms with Gasteiger partial charge in [0, 0.05) is 48.3 Å². The van der Waals surface area contributed by atoms with Gasteiger partial charge >= 0.3 is 0 Å². The Morgan fingerprint density at radius 1 is 1.14 bits per heavy atom. The van der Waals surface area contributed by atoms with E-state index in [9.17, 15) is 14.7 Å². The summed E-state index contributed by atoms with van der Waals surface area (Å²) in [4.78, 5) is 35.4. The van der Waals surface area contributed by atoms with Gasteiger partial charge in [0.05, 0.1) is 23.9 Å². The number of carbonyl (C=O) groups is 2. The topological polar surface area (TPSA) is 95.0 Å². The Kier molecular flexibility index (Phi) is 9.31. The molecule has 9 heteroatoms. The molecule has 1 aliphatic heterocycles. The van der Waals surface area contributed by atoms with E-state index in [-0.39, 0.29) is 36.5 Å². The number of hydrogen-bond donors (Lipinski definition) is 2. The third kappa shape index (κ3) is 6.70. The molecule has 42 heavy (non-hydrogen) atoms. The van der Waals surface area contributed by atoms with Crippen LogP contribution in [0.25, 0.3) is 10.6 Å². The van der Waals surface area contributed by atoms with Gasteiger partial charge in [-0.2, -0.15) is 0 Å². The number of ether oxygens (including phenoxy) is 1. The second-order valence-electron chi connectivity index (χ2n) is 10.9. The summed E-state index contributed by atoms with van der Waals surface area (Å²) in [5.41, 5.74) is 3.40. The maximum absolute atomic E-state index is 13.8. The standard InChI is InChI=1S/C33H36N4O4S/c1-22-18-37(23(2)21-38)33(40)27-10-7-11-28(30(27)41-29(22)20-36(3)19-24-8-5-4-6-9-24)35-31(39)25-12-14-26(15-13-25)32-34-16-17-42-32/h4-17,22-23,29,38H,18-21H2,1-3H3,(H,35,39)/t22-,23-,29+/m1/s1. The number of carbonyl (C=O) groups excluding carboxylic acids is 2. The molecule has 0 saturated carbocycles. The van der Waals surface area contributed by atoms with Crippen LogP contribution in [-0.4, -0.2) is 70.6 Å². The Hall–Kier alpha value is -4.05. The minimum Gasteiger partial charge on any atom is -0.486 e. The predicted molar refractivity (Wildman–Crippen MR) is 166 cm³/mol. The molecule has 2 amide bonds. The fourth-order valence-electron chi connectivity index (χ4n) is 5.15. The summed E-state index contributed by atoms with van der Waals surface area (Å²) in [6, 6.07) is 22.3. The number of nitrogens with zero attached hydrogens (tertiary/aromatic N) is 3. The Labute approximate surface area is 250 Å². The van der Waals surface area contributed by atoms with Gasteiger partial charge in [-0.1, -0.05) is 55.5 Å². The summed E-state index contributed by atoms with van der Waals surface area (Å²) in [6.45, 7) is 5.52. The summed E-state index contributed by atoms with van der Waals surface area (Å²) >= 11 is 1.54. The number of para-hydroxylation sites is 1. The number of fused-ring (bicyclic) bond motifs is 1. The first-order valence-electron chi connectivity index (χ1n) is 14.1. The number of anilines is 1. The average Bonchev–Trinajstić information content (AvgIpc) is 3.55. The van der Waals surface area contributed by atoms with Crippen molar-refractivity contribution in [3.63, 3.8) is 0 Å². The van der Waals surface area contributed by atoms with E-state index in [1.165, 1.54) is 16.9 Å². The second-order valence-corrected chi connectivity index (χ2v) is 11.8. The maximum Gasteiger partial charge on any atom is 0.258 e. The molecule has 1 aliphatic rings. The molecule has 2 N–H and O–H groups in total. The molecule has 0 aliphatic carbocycles. The lowest BCUT2D eigenvalue weighted by Gasteiger charge is -2.38. The number of aliphatic hydroxyl groups excluding tert-OH is 1. The molecule has 218 valence electrons. The van der Waals surface area contributed by atoms with Crippen molar-refractivity contribution in [3.05, 3.63) is 101 Å². The summed E-state index contributed by atoms with van der Waals surface area (Å²) in [6.07, 6.45) is 1.47. The molecule has 1 aromatic heterocycles. The first kappa shape index (κ1) is 29.4. The quantitative estimate of drug-likeness (QED) is 0.273. The minimum atomic E-state index is -0.372. The number of likely N-dealkylation sites (N-methyl/N-ethyl adjacent to an activating group) is 1. The number of nitrogens with one attached hydrogen (secondary N) is 1. The molecule has 3 aromatic carbocycles. The van der Waals surface area contributed by atoms with E-state index < -0.39 is 0 Å². The number of benzene rings is 3. The zero-order valence-corrected chi connectivity index (χ0v) is 24.9. The molecule has 0 saturated heterocycles. The number of amides is 2. The van der Waals surface area contributed by atoms with E-state index in [1.807, 2.05) is 49.7 Å². The Morgan fingerprint density at radius 2 is 1.90 bits per heavy atom. The van der Waals surface area contributed by atoms with Crippen LogP contribution in [0.1, 0.15) is 40.1 Å². The van der Waals surface area contributed by atoms with Crippen molar-refractivity contribution < 1.29 is 19.4 Å². The maximum atomic E-state index is 13.8. The zero-order valence-electron chi connectivity index (χ0n) is 24.1. The first-order valence-corrected chi connectivity index (χ1v) is 15.0. The lowest BCUT2D eigenvalue weighted by Crippen LogP contribution is -2.49. The number of aromatic nitrogens is 1. The highest BCUT2D eigenvalue weighted by Gasteiger charge is 2.34. The van der Waals surface area contributed by atoms with Gasteiger partial charge < -0.3 is 20.1 Å². The van der Waals surface area contributed by atoms with Gasteiger partial charge in [0.2, 0.25) is 0 Å². The number of thiazole rings is 1. The van der Waals surface area contributed by atoms with Crippen LogP contribution in [0.4, 0.5) is 5.69 Å². The summed E-state index contributed by atoms with van der Waals surface area (Å²) < 4.78 is 6.65. The Balaban J connectivity index is 1.43.